The smallest absolute Gasteiger partial charge is 0.105 e. The van der Waals surface area contributed by atoms with Crippen LogP contribution in [0.2, 0.25) is 0 Å². The van der Waals surface area contributed by atoms with Crippen molar-refractivity contribution in [3.05, 3.63) is 0 Å². The van der Waals surface area contributed by atoms with Crippen LogP contribution in [0.1, 0.15) is 34.6 Å². The van der Waals surface area contributed by atoms with Gasteiger partial charge in [-0.1, -0.05) is 13.8 Å². The van der Waals surface area contributed by atoms with Crippen LogP contribution in [0.15, 0.2) is 0 Å². The molecule has 0 spiro atoms. The largest absolute Gasteiger partial charge is 0.376 e. The summed E-state index contributed by atoms with van der Waals surface area (Å²) in [6.45, 7) is 13.4. The molecule has 90 valence electrons. The lowest BCUT2D eigenvalue weighted by atomic mass is 10.0. The average Bonchev–Trinajstić information content (AvgIpc) is 1.98. The Labute approximate surface area is 93.5 Å². The average molecular weight is 215 g/mol. The minimum absolute atomic E-state index is 0.159. The summed E-state index contributed by atoms with van der Waals surface area (Å²) in [6.07, 6.45) is 0.609. The van der Waals surface area contributed by atoms with E-state index in [1.165, 1.54) is 0 Å². The van der Waals surface area contributed by atoms with Gasteiger partial charge >= 0.3 is 0 Å². The lowest BCUT2D eigenvalue weighted by molar-refractivity contribution is -0.162. The van der Waals surface area contributed by atoms with E-state index in [2.05, 4.69) is 39.9 Å². The Hall–Kier alpha value is -0.120. The fourth-order valence-corrected chi connectivity index (χ4v) is 1.39. The van der Waals surface area contributed by atoms with Gasteiger partial charge < -0.3 is 14.8 Å². The second-order valence-corrected chi connectivity index (χ2v) is 5.71. The molecule has 0 saturated carbocycles. The first-order valence-corrected chi connectivity index (χ1v) is 5.87. The van der Waals surface area contributed by atoms with Crippen molar-refractivity contribution in [2.24, 2.45) is 5.92 Å². The van der Waals surface area contributed by atoms with E-state index in [1.54, 1.807) is 0 Å². The van der Waals surface area contributed by atoms with E-state index in [1.807, 2.05) is 0 Å². The molecule has 0 aromatic heterocycles. The standard InChI is InChI=1S/C12H25NO2/c1-9(2)11(6-13-12(3,4)5)15-10-7-14-8-10/h9-11,13H,6-8H2,1-5H3. The number of nitrogens with one attached hydrogen (secondary N) is 1. The molecule has 0 aliphatic carbocycles. The van der Waals surface area contributed by atoms with Gasteiger partial charge in [0.05, 0.1) is 19.3 Å². The van der Waals surface area contributed by atoms with E-state index in [0.29, 0.717) is 12.0 Å². The molecule has 3 nitrogen and oxygen atoms in total. The minimum Gasteiger partial charge on any atom is -0.376 e. The highest BCUT2D eigenvalue weighted by atomic mass is 16.6. The van der Waals surface area contributed by atoms with E-state index in [0.717, 1.165) is 19.8 Å². The summed E-state index contributed by atoms with van der Waals surface area (Å²) in [4.78, 5) is 0. The normalized spacial score (nSPS) is 20.4. The number of hydrogen-bond donors (Lipinski definition) is 1. The van der Waals surface area contributed by atoms with Gasteiger partial charge in [-0.3, -0.25) is 0 Å². The van der Waals surface area contributed by atoms with Crippen molar-refractivity contribution in [1.82, 2.24) is 5.32 Å². The Bertz CT molecular complexity index is 183. The Morgan fingerprint density at radius 2 is 1.93 bits per heavy atom. The predicted molar refractivity (Wildman–Crippen MR) is 62.1 cm³/mol. The first-order valence-electron chi connectivity index (χ1n) is 5.87. The lowest BCUT2D eigenvalue weighted by Crippen LogP contribution is -2.47. The summed E-state index contributed by atoms with van der Waals surface area (Å²) >= 11 is 0. The first-order chi connectivity index (χ1) is 6.88. The van der Waals surface area contributed by atoms with E-state index < -0.39 is 0 Å². The molecule has 1 heterocycles. The Morgan fingerprint density at radius 1 is 1.33 bits per heavy atom. The molecule has 0 radical (unpaired) electrons. The van der Waals surface area contributed by atoms with Crippen LogP contribution in [0.4, 0.5) is 0 Å². The van der Waals surface area contributed by atoms with Crippen LogP contribution >= 0.6 is 0 Å². The van der Waals surface area contributed by atoms with Gasteiger partial charge in [0.25, 0.3) is 0 Å². The monoisotopic (exact) mass is 215 g/mol. The molecule has 1 aliphatic heterocycles. The SMILES string of the molecule is CC(C)C(CNC(C)(C)C)OC1COC1. The molecule has 0 amide bonds. The topological polar surface area (TPSA) is 30.5 Å². The van der Waals surface area contributed by atoms with E-state index in [4.69, 9.17) is 9.47 Å². The van der Waals surface area contributed by atoms with Crippen LogP contribution in [-0.2, 0) is 9.47 Å². The number of hydrogen-bond acceptors (Lipinski definition) is 3. The van der Waals surface area contributed by atoms with Crippen molar-refractivity contribution in [2.75, 3.05) is 19.8 Å². The minimum atomic E-state index is 0.159. The van der Waals surface area contributed by atoms with Crippen molar-refractivity contribution in [2.45, 2.75) is 52.4 Å². The first kappa shape index (κ1) is 12.9. The molecule has 3 heteroatoms. The highest BCUT2D eigenvalue weighted by Gasteiger charge is 2.26. The van der Waals surface area contributed by atoms with E-state index in [9.17, 15) is 0 Å². The predicted octanol–water partition coefficient (Wildman–Crippen LogP) is 1.81. The molecule has 1 N–H and O–H groups in total. The van der Waals surface area contributed by atoms with Crippen LogP contribution in [0.3, 0.4) is 0 Å². The summed E-state index contributed by atoms with van der Waals surface area (Å²) < 4.78 is 11.1. The number of rotatable bonds is 5. The lowest BCUT2D eigenvalue weighted by Gasteiger charge is -2.34. The van der Waals surface area contributed by atoms with Crippen LogP contribution in [0, 0.1) is 5.92 Å². The van der Waals surface area contributed by atoms with Gasteiger partial charge in [-0.05, 0) is 26.7 Å². The van der Waals surface area contributed by atoms with Crippen LogP contribution in [0.25, 0.3) is 0 Å². The van der Waals surface area contributed by atoms with Gasteiger partial charge in [0.15, 0.2) is 0 Å². The molecule has 0 aromatic carbocycles. The summed E-state index contributed by atoms with van der Waals surface area (Å²) in [6, 6.07) is 0. The van der Waals surface area contributed by atoms with Gasteiger partial charge in [-0.15, -0.1) is 0 Å². The van der Waals surface area contributed by atoms with Crippen LogP contribution in [-0.4, -0.2) is 37.5 Å². The second kappa shape index (κ2) is 5.28. The molecular formula is C12H25NO2. The molecule has 0 aromatic rings. The second-order valence-electron chi connectivity index (χ2n) is 5.71. The highest BCUT2D eigenvalue weighted by Crippen LogP contribution is 2.14. The Kier molecular flexibility index (Phi) is 4.56. The van der Waals surface area contributed by atoms with Crippen LogP contribution in [0.5, 0.6) is 0 Å². The molecule has 0 bridgehead atoms. The third-order valence-electron chi connectivity index (χ3n) is 2.55. The maximum Gasteiger partial charge on any atom is 0.105 e. The van der Waals surface area contributed by atoms with Gasteiger partial charge in [-0.25, -0.2) is 0 Å². The van der Waals surface area contributed by atoms with Gasteiger partial charge in [0, 0.05) is 12.1 Å². The summed E-state index contributed by atoms with van der Waals surface area (Å²) in [5, 5.41) is 3.49. The fraction of sp³-hybridized carbons (Fsp3) is 1.00. The van der Waals surface area contributed by atoms with Crippen molar-refractivity contribution in [1.29, 1.82) is 0 Å². The van der Waals surface area contributed by atoms with Crippen molar-refractivity contribution in [3.8, 4) is 0 Å². The molecule has 1 aliphatic rings. The summed E-state index contributed by atoms with van der Waals surface area (Å²) in [7, 11) is 0. The van der Waals surface area contributed by atoms with Gasteiger partial charge in [-0.2, -0.15) is 0 Å². The third kappa shape index (κ3) is 4.96. The maximum atomic E-state index is 5.96. The quantitative estimate of drug-likeness (QED) is 0.759. The van der Waals surface area contributed by atoms with Crippen molar-refractivity contribution in [3.63, 3.8) is 0 Å². The Morgan fingerprint density at radius 3 is 2.27 bits per heavy atom. The summed E-state index contributed by atoms with van der Waals surface area (Å²) in [5.41, 5.74) is 0.159. The molecule has 1 atom stereocenters. The maximum absolute atomic E-state index is 5.96. The zero-order valence-electron chi connectivity index (χ0n) is 10.7. The Balaban J connectivity index is 2.29. The molecule has 1 saturated heterocycles. The molecule has 1 fully saturated rings. The van der Waals surface area contributed by atoms with Crippen LogP contribution < -0.4 is 5.32 Å². The highest BCUT2D eigenvalue weighted by molar-refractivity contribution is 4.77. The van der Waals surface area contributed by atoms with E-state index in [-0.39, 0.29) is 11.6 Å². The molecule has 1 rings (SSSR count). The van der Waals surface area contributed by atoms with Crippen molar-refractivity contribution < 1.29 is 9.47 Å². The summed E-state index contributed by atoms with van der Waals surface area (Å²) in [5.74, 6) is 0.542. The zero-order chi connectivity index (χ0) is 11.5. The molecular weight excluding hydrogens is 190 g/mol. The third-order valence-corrected chi connectivity index (χ3v) is 2.55. The molecule has 15 heavy (non-hydrogen) atoms. The number of ether oxygens (including phenoxy) is 2. The van der Waals surface area contributed by atoms with Gasteiger partial charge in [0.2, 0.25) is 0 Å². The van der Waals surface area contributed by atoms with E-state index >= 15 is 0 Å². The van der Waals surface area contributed by atoms with Gasteiger partial charge in [0.1, 0.15) is 6.10 Å². The molecule has 1 unspecified atom stereocenters. The zero-order valence-corrected chi connectivity index (χ0v) is 10.7. The van der Waals surface area contributed by atoms with Crippen molar-refractivity contribution >= 4 is 0 Å². The fourth-order valence-electron chi connectivity index (χ4n) is 1.39.